The van der Waals surface area contributed by atoms with Crippen molar-refractivity contribution in [3.63, 3.8) is 0 Å². The first-order chi connectivity index (χ1) is 14.2. The first-order valence-electron chi connectivity index (χ1n) is 9.65. The molecule has 1 unspecified atom stereocenters. The molecule has 11 heteroatoms. The number of benzene rings is 1. The smallest absolute Gasteiger partial charge is 0.273 e. The average molecular weight is 440 g/mol. The molecule has 0 radical (unpaired) electrons. The Morgan fingerprint density at radius 2 is 1.77 bits per heavy atom. The largest absolute Gasteiger partial charge is 0.351 e. The van der Waals surface area contributed by atoms with Crippen LogP contribution in [0.4, 0.5) is 0 Å². The zero-order valence-electron chi connectivity index (χ0n) is 17.9. The molecule has 0 aliphatic carbocycles. The highest BCUT2D eigenvalue weighted by atomic mass is 32.2. The number of nitrogens with zero attached hydrogens (tertiary/aromatic N) is 4. The average Bonchev–Trinajstić information content (AvgIpc) is 3.17. The number of aromatic nitrogens is 3. The van der Waals surface area contributed by atoms with Crippen molar-refractivity contribution < 1.29 is 22.7 Å². The summed E-state index contributed by atoms with van der Waals surface area (Å²) in [5.41, 5.74) is 0.932. The van der Waals surface area contributed by atoms with Gasteiger partial charge < -0.3 is 14.8 Å². The number of ether oxygens (including phenoxy) is 2. The van der Waals surface area contributed by atoms with Gasteiger partial charge in [-0.25, -0.2) is 17.4 Å². The van der Waals surface area contributed by atoms with Crippen molar-refractivity contribution in [2.45, 2.75) is 44.5 Å². The summed E-state index contributed by atoms with van der Waals surface area (Å²) in [6.07, 6.45) is 1.06. The Morgan fingerprint density at radius 3 is 2.30 bits per heavy atom. The van der Waals surface area contributed by atoms with Gasteiger partial charge in [-0.2, -0.15) is 0 Å². The fourth-order valence-corrected chi connectivity index (χ4v) is 3.56. The van der Waals surface area contributed by atoms with Crippen LogP contribution in [-0.4, -0.2) is 67.2 Å². The molecule has 0 fully saturated rings. The summed E-state index contributed by atoms with van der Waals surface area (Å²) in [4.78, 5) is 12.7. The fraction of sp³-hybridized carbons (Fsp3) is 0.526. The molecule has 1 atom stereocenters. The molecule has 166 valence electrons. The van der Waals surface area contributed by atoms with Gasteiger partial charge in [0.1, 0.15) is 0 Å². The van der Waals surface area contributed by atoms with E-state index >= 15 is 0 Å². The van der Waals surface area contributed by atoms with Crippen LogP contribution >= 0.6 is 0 Å². The number of sulfonamides is 1. The van der Waals surface area contributed by atoms with Gasteiger partial charge in [-0.15, -0.1) is 5.10 Å². The first kappa shape index (κ1) is 23.9. The van der Waals surface area contributed by atoms with Crippen molar-refractivity contribution in [1.82, 2.24) is 24.6 Å². The minimum atomic E-state index is -3.50. The Kier molecular flexibility index (Phi) is 8.47. The Hall–Kier alpha value is -2.34. The van der Waals surface area contributed by atoms with Gasteiger partial charge in [0.15, 0.2) is 12.0 Å². The number of carbonyl (C=O) groups is 1. The summed E-state index contributed by atoms with van der Waals surface area (Å²) in [5, 5.41) is 10.7. The predicted molar refractivity (Wildman–Crippen MR) is 110 cm³/mol. The second kappa shape index (κ2) is 10.6. The molecule has 0 spiro atoms. The lowest BCUT2D eigenvalue weighted by atomic mass is 10.1. The summed E-state index contributed by atoms with van der Waals surface area (Å²) < 4.78 is 37.9. The van der Waals surface area contributed by atoms with Crippen molar-refractivity contribution in [3.05, 3.63) is 41.7 Å². The highest BCUT2D eigenvalue weighted by Crippen LogP contribution is 2.18. The molecule has 1 aromatic heterocycles. The molecule has 30 heavy (non-hydrogen) atoms. The van der Waals surface area contributed by atoms with E-state index in [1.54, 1.807) is 19.1 Å². The van der Waals surface area contributed by atoms with E-state index in [0.717, 1.165) is 9.87 Å². The van der Waals surface area contributed by atoms with Gasteiger partial charge in [-0.05, 0) is 38.5 Å². The van der Waals surface area contributed by atoms with Crippen LogP contribution in [0.15, 0.2) is 35.4 Å². The molecule has 0 aliphatic heterocycles. The number of hydrogen-bond donors (Lipinski definition) is 1. The molecule has 2 rings (SSSR count). The van der Waals surface area contributed by atoms with Crippen LogP contribution in [0.5, 0.6) is 0 Å². The van der Waals surface area contributed by atoms with Crippen LogP contribution in [0, 0.1) is 0 Å². The van der Waals surface area contributed by atoms with E-state index < -0.39 is 16.3 Å². The second-order valence-corrected chi connectivity index (χ2v) is 8.87. The summed E-state index contributed by atoms with van der Waals surface area (Å²) in [5.74, 6) is -0.386. The maximum atomic E-state index is 12.5. The molecule has 1 aromatic carbocycles. The van der Waals surface area contributed by atoms with Gasteiger partial charge in [0.2, 0.25) is 10.0 Å². The van der Waals surface area contributed by atoms with Crippen LogP contribution in [0.1, 0.15) is 42.9 Å². The normalized spacial score (nSPS) is 13.0. The molecule has 0 saturated heterocycles. The molecule has 1 heterocycles. The molecule has 1 amide bonds. The minimum absolute atomic E-state index is 0.167. The topological polar surface area (TPSA) is 116 Å². The number of amides is 1. The number of carbonyl (C=O) groups excluding carboxylic acids is 1. The Labute approximate surface area is 177 Å². The third-order valence-electron chi connectivity index (χ3n) is 4.32. The van der Waals surface area contributed by atoms with E-state index in [2.05, 4.69) is 15.6 Å². The fourth-order valence-electron chi connectivity index (χ4n) is 2.66. The third-order valence-corrected chi connectivity index (χ3v) is 6.15. The van der Waals surface area contributed by atoms with Crippen LogP contribution in [0.25, 0.3) is 0 Å². The summed E-state index contributed by atoms with van der Waals surface area (Å²) in [7, 11) is -0.544. The van der Waals surface area contributed by atoms with E-state index in [-0.39, 0.29) is 22.5 Å². The van der Waals surface area contributed by atoms with Crippen molar-refractivity contribution in [2.75, 3.05) is 27.3 Å². The van der Waals surface area contributed by atoms with E-state index in [0.29, 0.717) is 19.8 Å². The number of hydrogen-bond acceptors (Lipinski definition) is 7. The van der Waals surface area contributed by atoms with E-state index in [1.165, 1.54) is 37.1 Å². The summed E-state index contributed by atoms with van der Waals surface area (Å²) in [6, 6.07) is 6.04. The molecule has 10 nitrogen and oxygen atoms in total. The third kappa shape index (κ3) is 6.08. The Bertz CT molecular complexity index is 921. The number of nitrogens with one attached hydrogen (secondary N) is 1. The highest BCUT2D eigenvalue weighted by Gasteiger charge is 2.19. The lowest BCUT2D eigenvalue weighted by molar-refractivity contribution is -0.145. The lowest BCUT2D eigenvalue weighted by Crippen LogP contribution is -2.27. The van der Waals surface area contributed by atoms with Crippen LogP contribution < -0.4 is 5.32 Å². The van der Waals surface area contributed by atoms with Crippen molar-refractivity contribution in [1.29, 1.82) is 0 Å². The summed E-state index contributed by atoms with van der Waals surface area (Å²) >= 11 is 0. The second-order valence-electron chi connectivity index (χ2n) is 6.72. The van der Waals surface area contributed by atoms with Gasteiger partial charge in [0.05, 0.1) is 23.7 Å². The zero-order valence-corrected chi connectivity index (χ0v) is 18.7. The molecule has 2 aromatic rings. The van der Waals surface area contributed by atoms with Crippen LogP contribution in [-0.2, 0) is 26.0 Å². The minimum Gasteiger partial charge on any atom is -0.351 e. The van der Waals surface area contributed by atoms with E-state index in [4.69, 9.17) is 9.47 Å². The molecular weight excluding hydrogens is 410 g/mol. The predicted octanol–water partition coefficient (Wildman–Crippen LogP) is 1.42. The van der Waals surface area contributed by atoms with E-state index in [9.17, 15) is 13.2 Å². The quantitative estimate of drug-likeness (QED) is 0.526. The standard InChI is InChI=1S/C19H29N5O5S/c1-6-28-18(29-7-2)13-24-12-17(21-22-24)19(25)20-14(3)15-8-10-16(11-9-15)30(26,27)23(4)5/h8-12,14,18H,6-7,13H2,1-5H3,(H,20,25). The maximum absolute atomic E-state index is 12.5. The molecule has 1 N–H and O–H groups in total. The van der Waals surface area contributed by atoms with Crippen molar-refractivity contribution in [2.24, 2.45) is 0 Å². The van der Waals surface area contributed by atoms with E-state index in [1.807, 2.05) is 13.8 Å². The monoisotopic (exact) mass is 439 g/mol. The SMILES string of the molecule is CCOC(Cn1cc(C(=O)NC(C)c2ccc(S(=O)(=O)N(C)C)cc2)nn1)OCC. The molecule has 0 bridgehead atoms. The number of rotatable bonds is 11. The van der Waals surface area contributed by atoms with Crippen molar-refractivity contribution >= 4 is 15.9 Å². The van der Waals surface area contributed by atoms with Crippen molar-refractivity contribution in [3.8, 4) is 0 Å². The molecular formula is C19H29N5O5S. The van der Waals surface area contributed by atoms with Gasteiger partial charge in [-0.3, -0.25) is 4.79 Å². The molecule has 0 aliphatic rings. The van der Waals surface area contributed by atoms with Gasteiger partial charge in [0, 0.05) is 27.3 Å². The first-order valence-corrected chi connectivity index (χ1v) is 11.1. The molecule has 0 saturated carbocycles. The van der Waals surface area contributed by atoms with Gasteiger partial charge >= 0.3 is 0 Å². The Balaban J connectivity index is 2.01. The van der Waals surface area contributed by atoms with Gasteiger partial charge in [0.25, 0.3) is 5.91 Å². The van der Waals surface area contributed by atoms with Crippen LogP contribution in [0.3, 0.4) is 0 Å². The summed E-state index contributed by atoms with van der Waals surface area (Å²) in [6.45, 7) is 6.86. The maximum Gasteiger partial charge on any atom is 0.273 e. The lowest BCUT2D eigenvalue weighted by Gasteiger charge is -2.16. The Morgan fingerprint density at radius 1 is 1.17 bits per heavy atom. The highest BCUT2D eigenvalue weighted by molar-refractivity contribution is 7.89. The van der Waals surface area contributed by atoms with Crippen LogP contribution in [0.2, 0.25) is 0 Å². The van der Waals surface area contributed by atoms with Gasteiger partial charge in [-0.1, -0.05) is 17.3 Å². The zero-order chi connectivity index (χ0) is 22.3.